The molecular formula is C13H16N2O4. The molecule has 0 saturated carbocycles. The van der Waals surface area contributed by atoms with Crippen molar-refractivity contribution < 1.29 is 13.9 Å². The molecule has 0 amide bonds. The zero-order valence-electron chi connectivity index (χ0n) is 11.1. The first-order chi connectivity index (χ1) is 8.92. The average Bonchev–Trinajstić information content (AvgIpc) is 2.74. The summed E-state index contributed by atoms with van der Waals surface area (Å²) in [6, 6.07) is 5.24. The number of H-pyrrole nitrogens is 1. The van der Waals surface area contributed by atoms with Gasteiger partial charge in [0.05, 0.1) is 18.0 Å². The summed E-state index contributed by atoms with van der Waals surface area (Å²) < 4.78 is 9.65. The van der Waals surface area contributed by atoms with E-state index in [1.54, 1.807) is 32.0 Å². The molecule has 0 saturated heterocycles. The van der Waals surface area contributed by atoms with Crippen LogP contribution in [-0.4, -0.2) is 24.6 Å². The maximum absolute atomic E-state index is 11.5. The highest BCUT2D eigenvalue weighted by atomic mass is 16.5. The maximum atomic E-state index is 11.5. The summed E-state index contributed by atoms with van der Waals surface area (Å²) in [4.78, 5) is 25.2. The highest BCUT2D eigenvalue weighted by Crippen LogP contribution is 2.20. The Morgan fingerprint density at radius 1 is 1.47 bits per heavy atom. The van der Waals surface area contributed by atoms with Crippen LogP contribution in [0.15, 0.2) is 27.4 Å². The normalized spacial score (nSPS) is 11.5. The fourth-order valence-corrected chi connectivity index (χ4v) is 1.73. The summed E-state index contributed by atoms with van der Waals surface area (Å²) in [5, 5.41) is 3.14. The van der Waals surface area contributed by atoms with Crippen LogP contribution in [0.25, 0.3) is 11.1 Å². The molecule has 0 unspecified atom stereocenters. The number of hydrogen-bond acceptors (Lipinski definition) is 5. The number of carbonyl (C=O) groups excluding carboxylic acids is 1. The predicted octanol–water partition coefficient (Wildman–Crippen LogP) is 1.73. The van der Waals surface area contributed by atoms with E-state index in [4.69, 9.17) is 9.15 Å². The number of esters is 1. The molecular weight excluding hydrogens is 248 g/mol. The number of ether oxygens (including phenoxy) is 1. The lowest BCUT2D eigenvalue weighted by atomic mass is 9.93. The van der Waals surface area contributed by atoms with E-state index in [2.05, 4.69) is 10.3 Å². The first-order valence-corrected chi connectivity index (χ1v) is 5.87. The Kier molecular flexibility index (Phi) is 3.33. The van der Waals surface area contributed by atoms with Crippen molar-refractivity contribution in [2.45, 2.75) is 13.8 Å². The summed E-state index contributed by atoms with van der Waals surface area (Å²) in [6.07, 6.45) is 0. The van der Waals surface area contributed by atoms with Crippen molar-refractivity contribution in [1.82, 2.24) is 4.98 Å². The van der Waals surface area contributed by atoms with Gasteiger partial charge >= 0.3 is 11.7 Å². The van der Waals surface area contributed by atoms with Crippen LogP contribution in [0, 0.1) is 5.41 Å². The Morgan fingerprint density at radius 2 is 2.21 bits per heavy atom. The summed E-state index contributed by atoms with van der Waals surface area (Å²) in [5.74, 6) is -0.764. The van der Waals surface area contributed by atoms with Gasteiger partial charge < -0.3 is 14.5 Å². The molecule has 0 aliphatic carbocycles. The first kappa shape index (κ1) is 13.2. The van der Waals surface area contributed by atoms with E-state index in [9.17, 15) is 9.59 Å². The predicted molar refractivity (Wildman–Crippen MR) is 71.1 cm³/mol. The lowest BCUT2D eigenvalue weighted by Crippen LogP contribution is -2.33. The maximum Gasteiger partial charge on any atom is 0.417 e. The van der Waals surface area contributed by atoms with Gasteiger partial charge in [0.15, 0.2) is 5.58 Å². The molecule has 0 aliphatic heterocycles. The SMILES string of the molecule is COC(=O)C(C)(C)CNc1ccc2oc(=O)[nH]c2c1. The summed E-state index contributed by atoms with van der Waals surface area (Å²) in [6.45, 7) is 4.02. The third-order valence-electron chi connectivity index (χ3n) is 2.89. The quantitative estimate of drug-likeness (QED) is 0.821. The Morgan fingerprint density at radius 3 is 2.89 bits per heavy atom. The standard InChI is InChI=1S/C13H16N2O4/c1-13(2,11(16)18-3)7-14-8-4-5-10-9(6-8)15-12(17)19-10/h4-6,14H,7H2,1-3H3,(H,15,17). The van der Waals surface area contributed by atoms with Crippen molar-refractivity contribution in [3.8, 4) is 0 Å². The molecule has 1 heterocycles. The largest absolute Gasteiger partial charge is 0.469 e. The molecule has 19 heavy (non-hydrogen) atoms. The average molecular weight is 264 g/mol. The van der Waals surface area contributed by atoms with E-state index in [0.717, 1.165) is 5.69 Å². The minimum Gasteiger partial charge on any atom is -0.469 e. The van der Waals surface area contributed by atoms with E-state index in [-0.39, 0.29) is 5.97 Å². The first-order valence-electron chi connectivity index (χ1n) is 5.87. The molecule has 6 heteroatoms. The van der Waals surface area contributed by atoms with E-state index in [0.29, 0.717) is 17.6 Å². The molecule has 0 aliphatic rings. The van der Waals surface area contributed by atoms with Crippen LogP contribution in [0.2, 0.25) is 0 Å². The Labute approximate surface area is 109 Å². The van der Waals surface area contributed by atoms with Crippen LogP contribution < -0.4 is 11.1 Å². The Bertz CT molecular complexity index is 654. The third kappa shape index (κ3) is 2.78. The lowest BCUT2D eigenvalue weighted by molar-refractivity contribution is -0.149. The smallest absolute Gasteiger partial charge is 0.417 e. The minimum atomic E-state index is -0.631. The number of anilines is 1. The van der Waals surface area contributed by atoms with Crippen LogP contribution in [0.3, 0.4) is 0 Å². The van der Waals surface area contributed by atoms with Gasteiger partial charge in [-0.2, -0.15) is 0 Å². The lowest BCUT2D eigenvalue weighted by Gasteiger charge is -2.22. The van der Waals surface area contributed by atoms with Gasteiger partial charge in [0, 0.05) is 12.2 Å². The van der Waals surface area contributed by atoms with E-state index in [1.807, 2.05) is 0 Å². The number of benzene rings is 1. The molecule has 6 nitrogen and oxygen atoms in total. The van der Waals surface area contributed by atoms with Gasteiger partial charge in [-0.1, -0.05) is 0 Å². The van der Waals surface area contributed by atoms with Gasteiger partial charge in [0.1, 0.15) is 0 Å². The zero-order valence-corrected chi connectivity index (χ0v) is 11.1. The highest BCUT2D eigenvalue weighted by Gasteiger charge is 2.28. The van der Waals surface area contributed by atoms with Gasteiger partial charge in [-0.3, -0.25) is 9.78 Å². The van der Waals surface area contributed by atoms with Crippen molar-refractivity contribution in [2.24, 2.45) is 5.41 Å². The molecule has 1 aromatic heterocycles. The van der Waals surface area contributed by atoms with Crippen LogP contribution in [0.1, 0.15) is 13.8 Å². The molecule has 1 aromatic carbocycles. The summed E-state index contributed by atoms with van der Waals surface area (Å²) in [5.41, 5.74) is 1.28. The van der Waals surface area contributed by atoms with Crippen LogP contribution >= 0.6 is 0 Å². The van der Waals surface area contributed by atoms with Crippen LogP contribution in [0.5, 0.6) is 0 Å². The fraction of sp³-hybridized carbons (Fsp3) is 0.385. The number of carbonyl (C=O) groups is 1. The molecule has 2 aromatic rings. The van der Waals surface area contributed by atoms with E-state index < -0.39 is 11.2 Å². The summed E-state index contributed by atoms with van der Waals surface area (Å²) >= 11 is 0. The van der Waals surface area contributed by atoms with Crippen molar-refractivity contribution in [1.29, 1.82) is 0 Å². The molecule has 0 atom stereocenters. The number of hydrogen-bond donors (Lipinski definition) is 2. The van der Waals surface area contributed by atoms with Gasteiger partial charge in [0.2, 0.25) is 0 Å². The minimum absolute atomic E-state index is 0.280. The van der Waals surface area contributed by atoms with Crippen LogP contribution in [-0.2, 0) is 9.53 Å². The molecule has 102 valence electrons. The molecule has 0 fully saturated rings. The van der Waals surface area contributed by atoms with Crippen molar-refractivity contribution in [3.63, 3.8) is 0 Å². The second-order valence-electron chi connectivity index (χ2n) is 4.95. The second-order valence-corrected chi connectivity index (χ2v) is 4.95. The molecule has 2 N–H and O–H groups in total. The Balaban J connectivity index is 2.13. The van der Waals surface area contributed by atoms with Crippen molar-refractivity contribution in [2.75, 3.05) is 19.0 Å². The number of aromatic amines is 1. The van der Waals surface area contributed by atoms with Gasteiger partial charge in [-0.15, -0.1) is 0 Å². The number of oxazole rings is 1. The van der Waals surface area contributed by atoms with Gasteiger partial charge in [-0.05, 0) is 32.0 Å². The van der Waals surface area contributed by atoms with Gasteiger partial charge in [0.25, 0.3) is 0 Å². The van der Waals surface area contributed by atoms with E-state index >= 15 is 0 Å². The fourth-order valence-electron chi connectivity index (χ4n) is 1.73. The van der Waals surface area contributed by atoms with Crippen molar-refractivity contribution in [3.05, 3.63) is 28.7 Å². The van der Waals surface area contributed by atoms with Crippen LogP contribution in [0.4, 0.5) is 5.69 Å². The monoisotopic (exact) mass is 264 g/mol. The number of aromatic nitrogens is 1. The third-order valence-corrected chi connectivity index (χ3v) is 2.89. The van der Waals surface area contributed by atoms with Gasteiger partial charge in [-0.25, -0.2) is 4.79 Å². The van der Waals surface area contributed by atoms with Crippen molar-refractivity contribution >= 4 is 22.8 Å². The molecule has 0 radical (unpaired) electrons. The topological polar surface area (TPSA) is 84.3 Å². The summed E-state index contributed by atoms with van der Waals surface area (Å²) in [7, 11) is 1.37. The number of nitrogens with one attached hydrogen (secondary N) is 2. The number of fused-ring (bicyclic) bond motifs is 1. The molecule has 2 rings (SSSR count). The highest BCUT2D eigenvalue weighted by molar-refractivity contribution is 5.78. The zero-order chi connectivity index (χ0) is 14.0. The second kappa shape index (κ2) is 4.79. The number of methoxy groups -OCH3 is 1. The molecule has 0 spiro atoms. The number of rotatable bonds is 4. The molecule has 0 bridgehead atoms. The Hall–Kier alpha value is -2.24. The van der Waals surface area contributed by atoms with E-state index in [1.165, 1.54) is 7.11 Å².